The number of anilines is 1. The standard InChI is InChI=1S/C11H13F3N6O6S/c12-11(13,14)7-4-8(15)17-2-18-9(4)20(19-7)10-6(22)5(21)3(26-10)1-25-27(16,23)24/h2-3,5-6,10,21-22H,1H2,(H2,15,17,18)(H2,16,23,24)/t3-,5-,6-,10-/m1/s1. The third-order valence-corrected chi connectivity index (χ3v) is 4.23. The van der Waals surface area contributed by atoms with E-state index in [0.717, 1.165) is 6.33 Å². The van der Waals surface area contributed by atoms with Gasteiger partial charge < -0.3 is 20.7 Å². The van der Waals surface area contributed by atoms with Gasteiger partial charge in [0, 0.05) is 0 Å². The van der Waals surface area contributed by atoms with Gasteiger partial charge in [0.1, 0.15) is 30.5 Å². The van der Waals surface area contributed by atoms with E-state index in [0.29, 0.717) is 4.68 Å². The number of fused-ring (bicyclic) bond motifs is 1. The quantitative estimate of drug-likeness (QED) is 0.447. The van der Waals surface area contributed by atoms with Crippen LogP contribution in [0.2, 0.25) is 0 Å². The van der Waals surface area contributed by atoms with Crippen molar-refractivity contribution in [3.05, 3.63) is 12.0 Å². The average Bonchev–Trinajstić information content (AvgIpc) is 3.05. The molecule has 12 nitrogen and oxygen atoms in total. The summed E-state index contributed by atoms with van der Waals surface area (Å²) < 4.78 is 71.5. The summed E-state index contributed by atoms with van der Waals surface area (Å²) >= 11 is 0. The maximum atomic E-state index is 13.3. The summed E-state index contributed by atoms with van der Waals surface area (Å²) in [4.78, 5) is 7.17. The van der Waals surface area contributed by atoms with Crippen LogP contribution in [0, 0.1) is 0 Å². The molecule has 3 heterocycles. The van der Waals surface area contributed by atoms with Crippen LogP contribution in [0.3, 0.4) is 0 Å². The molecular weight excluding hydrogens is 401 g/mol. The van der Waals surface area contributed by atoms with Crippen LogP contribution in [-0.4, -0.2) is 63.3 Å². The maximum Gasteiger partial charge on any atom is 0.435 e. The first-order chi connectivity index (χ1) is 12.4. The number of hydrogen-bond acceptors (Lipinski definition) is 10. The minimum atomic E-state index is -4.92. The summed E-state index contributed by atoms with van der Waals surface area (Å²) in [7, 11) is -4.37. The first kappa shape index (κ1) is 19.6. The number of rotatable bonds is 4. The average molecular weight is 414 g/mol. The van der Waals surface area contributed by atoms with E-state index < -0.39 is 70.2 Å². The lowest BCUT2D eigenvalue weighted by Crippen LogP contribution is -2.35. The number of halogens is 3. The van der Waals surface area contributed by atoms with E-state index in [2.05, 4.69) is 24.4 Å². The molecule has 16 heteroatoms. The number of aliphatic hydroxyl groups is 2. The molecule has 0 unspecified atom stereocenters. The molecule has 0 bridgehead atoms. The Balaban J connectivity index is 2.02. The van der Waals surface area contributed by atoms with Crippen molar-refractivity contribution in [2.24, 2.45) is 5.14 Å². The second-order valence-corrected chi connectivity index (χ2v) is 6.79. The minimum Gasteiger partial charge on any atom is -0.387 e. The van der Waals surface area contributed by atoms with E-state index in [4.69, 9.17) is 10.5 Å². The van der Waals surface area contributed by atoms with Gasteiger partial charge in [-0.1, -0.05) is 0 Å². The minimum absolute atomic E-state index is 0.404. The zero-order valence-electron chi connectivity index (χ0n) is 13.1. The van der Waals surface area contributed by atoms with Crippen LogP contribution < -0.4 is 10.9 Å². The molecule has 0 aliphatic carbocycles. The molecule has 2 aromatic rings. The van der Waals surface area contributed by atoms with E-state index in [1.807, 2.05) is 0 Å². The molecule has 27 heavy (non-hydrogen) atoms. The van der Waals surface area contributed by atoms with Gasteiger partial charge in [-0.05, 0) is 0 Å². The topological polar surface area (TPSA) is 189 Å². The summed E-state index contributed by atoms with van der Waals surface area (Å²) in [6.07, 6.45) is -10.6. The lowest BCUT2D eigenvalue weighted by atomic mass is 10.1. The number of nitrogens with two attached hydrogens (primary N) is 2. The summed E-state index contributed by atoms with van der Waals surface area (Å²) in [5.74, 6) is -0.499. The molecule has 0 aromatic carbocycles. The smallest absolute Gasteiger partial charge is 0.387 e. The molecule has 0 radical (unpaired) electrons. The van der Waals surface area contributed by atoms with E-state index in [1.54, 1.807) is 0 Å². The monoisotopic (exact) mass is 414 g/mol. The Hall–Kier alpha value is -2.11. The first-order valence-corrected chi connectivity index (χ1v) is 8.62. The summed E-state index contributed by atoms with van der Waals surface area (Å²) in [6.45, 7) is -0.782. The fourth-order valence-corrected chi connectivity index (χ4v) is 2.93. The van der Waals surface area contributed by atoms with Crippen molar-refractivity contribution >= 4 is 27.2 Å². The second-order valence-electron chi connectivity index (χ2n) is 5.57. The van der Waals surface area contributed by atoms with Crippen molar-refractivity contribution in [2.45, 2.75) is 30.7 Å². The number of hydrogen-bond donors (Lipinski definition) is 4. The van der Waals surface area contributed by atoms with Crippen molar-refractivity contribution < 1.29 is 40.7 Å². The number of ether oxygens (including phenoxy) is 1. The van der Waals surface area contributed by atoms with Gasteiger partial charge in [0.25, 0.3) is 0 Å². The van der Waals surface area contributed by atoms with Crippen LogP contribution in [0.1, 0.15) is 11.9 Å². The van der Waals surface area contributed by atoms with Crippen LogP contribution in [-0.2, 0) is 25.4 Å². The Morgan fingerprint density at radius 2 is 1.96 bits per heavy atom. The van der Waals surface area contributed by atoms with Crippen LogP contribution >= 0.6 is 0 Å². The number of aromatic nitrogens is 4. The van der Waals surface area contributed by atoms with E-state index in [-0.39, 0.29) is 0 Å². The first-order valence-electron chi connectivity index (χ1n) is 7.15. The summed E-state index contributed by atoms with van der Waals surface area (Å²) in [5, 5.41) is 27.5. The molecule has 1 fully saturated rings. The predicted octanol–water partition coefficient (Wildman–Crippen LogP) is -1.73. The highest BCUT2D eigenvalue weighted by molar-refractivity contribution is 7.84. The van der Waals surface area contributed by atoms with Gasteiger partial charge >= 0.3 is 16.5 Å². The lowest BCUT2D eigenvalue weighted by molar-refractivity contribution is -0.141. The van der Waals surface area contributed by atoms with Crippen LogP contribution in [0.15, 0.2) is 6.33 Å². The fraction of sp³-hybridized carbons (Fsp3) is 0.545. The second kappa shape index (κ2) is 6.50. The van der Waals surface area contributed by atoms with Crippen molar-refractivity contribution in [2.75, 3.05) is 12.3 Å². The Labute approximate surface area is 148 Å². The highest BCUT2D eigenvalue weighted by Crippen LogP contribution is 2.38. The van der Waals surface area contributed by atoms with Crippen molar-refractivity contribution in [1.29, 1.82) is 0 Å². The number of nitrogen functional groups attached to an aromatic ring is 1. The Morgan fingerprint density at radius 3 is 2.56 bits per heavy atom. The van der Waals surface area contributed by atoms with Crippen molar-refractivity contribution in [1.82, 2.24) is 19.7 Å². The molecule has 1 saturated heterocycles. The van der Waals surface area contributed by atoms with Crippen LogP contribution in [0.25, 0.3) is 11.0 Å². The summed E-state index contributed by atoms with van der Waals surface area (Å²) in [6, 6.07) is 0. The molecule has 1 aliphatic heterocycles. The number of nitrogens with zero attached hydrogens (tertiary/aromatic N) is 4. The SMILES string of the molecule is Nc1ncnc2c1c(C(F)(F)F)nn2[C@@H]1O[C@H](COS(N)(=O)=O)[C@@H](O)[C@H]1O. The Kier molecular flexibility index (Phi) is 4.73. The number of aliphatic hydroxyl groups excluding tert-OH is 2. The summed E-state index contributed by atoms with van der Waals surface area (Å²) in [5.41, 5.74) is 3.68. The molecule has 0 amide bonds. The molecule has 3 rings (SSSR count). The molecule has 6 N–H and O–H groups in total. The Morgan fingerprint density at radius 1 is 1.30 bits per heavy atom. The zero-order chi connectivity index (χ0) is 20.1. The normalized spacial score (nSPS) is 26.7. The van der Waals surface area contributed by atoms with E-state index in [1.165, 1.54) is 0 Å². The maximum absolute atomic E-state index is 13.3. The molecular formula is C11H13F3N6O6S. The van der Waals surface area contributed by atoms with Gasteiger partial charge in [-0.3, -0.25) is 4.18 Å². The van der Waals surface area contributed by atoms with Crippen molar-refractivity contribution in [3.63, 3.8) is 0 Å². The number of alkyl halides is 3. The predicted molar refractivity (Wildman–Crippen MR) is 79.7 cm³/mol. The van der Waals surface area contributed by atoms with Gasteiger partial charge in [-0.25, -0.2) is 19.8 Å². The molecule has 4 atom stereocenters. The largest absolute Gasteiger partial charge is 0.435 e. The Bertz CT molecular complexity index is 965. The van der Waals surface area contributed by atoms with Gasteiger partial charge in [0.15, 0.2) is 17.6 Å². The van der Waals surface area contributed by atoms with Crippen LogP contribution in [0.4, 0.5) is 19.0 Å². The fourth-order valence-electron chi connectivity index (χ4n) is 2.60. The van der Waals surface area contributed by atoms with Crippen LogP contribution in [0.5, 0.6) is 0 Å². The third-order valence-electron chi connectivity index (χ3n) is 3.76. The molecule has 1 aliphatic rings. The van der Waals surface area contributed by atoms with Gasteiger partial charge in [-0.2, -0.15) is 26.7 Å². The zero-order valence-corrected chi connectivity index (χ0v) is 13.9. The van der Waals surface area contributed by atoms with Crippen molar-refractivity contribution in [3.8, 4) is 0 Å². The highest BCUT2D eigenvalue weighted by Gasteiger charge is 2.47. The van der Waals surface area contributed by atoms with E-state index >= 15 is 0 Å². The highest BCUT2D eigenvalue weighted by atomic mass is 32.2. The molecule has 0 saturated carbocycles. The van der Waals surface area contributed by atoms with Gasteiger partial charge in [0.05, 0.1) is 12.0 Å². The third kappa shape index (κ3) is 3.66. The van der Waals surface area contributed by atoms with Gasteiger partial charge in [0.2, 0.25) is 0 Å². The molecule has 0 spiro atoms. The van der Waals surface area contributed by atoms with E-state index in [9.17, 15) is 31.8 Å². The lowest BCUT2D eigenvalue weighted by Gasteiger charge is -2.15. The van der Waals surface area contributed by atoms with Gasteiger partial charge in [-0.15, -0.1) is 0 Å². The molecule has 2 aromatic heterocycles. The molecule has 150 valence electrons.